The molecule has 0 atom stereocenters. The van der Waals surface area contributed by atoms with Gasteiger partial charge >= 0.3 is 0 Å². The van der Waals surface area contributed by atoms with Gasteiger partial charge in [0.2, 0.25) is 5.95 Å². The van der Waals surface area contributed by atoms with Crippen LogP contribution in [-0.4, -0.2) is 22.2 Å². The molecule has 0 bridgehead atoms. The highest BCUT2D eigenvalue weighted by molar-refractivity contribution is 5.45. The van der Waals surface area contributed by atoms with Crippen LogP contribution in [0.3, 0.4) is 0 Å². The van der Waals surface area contributed by atoms with E-state index in [0.717, 1.165) is 17.4 Å². The van der Waals surface area contributed by atoms with Crippen molar-refractivity contribution in [2.24, 2.45) is 0 Å². The van der Waals surface area contributed by atoms with Gasteiger partial charge in [0.25, 0.3) is 0 Å². The van der Waals surface area contributed by atoms with Gasteiger partial charge < -0.3 is 10.1 Å². The first-order chi connectivity index (χ1) is 9.86. The summed E-state index contributed by atoms with van der Waals surface area (Å²) in [5, 5.41) is 3.55. The molecule has 4 heteroatoms. The van der Waals surface area contributed by atoms with E-state index in [1.807, 2.05) is 37.5 Å². The first kappa shape index (κ1) is 13.0. The van der Waals surface area contributed by atoms with E-state index in [1.165, 1.54) is 25.7 Å². The van der Waals surface area contributed by atoms with Crippen molar-refractivity contribution in [3.05, 3.63) is 36.7 Å². The van der Waals surface area contributed by atoms with E-state index in [4.69, 9.17) is 4.74 Å². The zero-order valence-electron chi connectivity index (χ0n) is 11.9. The number of rotatable bonds is 5. The molecular formula is C16H21N3O. The SMILES string of the molecule is CCOc1cccc(-n2ccnc2NC2CCCC2)c1. The van der Waals surface area contributed by atoms with Gasteiger partial charge in [-0.25, -0.2) is 4.98 Å². The molecule has 0 unspecified atom stereocenters. The Morgan fingerprint density at radius 3 is 3.00 bits per heavy atom. The molecule has 1 N–H and O–H groups in total. The number of anilines is 1. The number of nitrogens with one attached hydrogen (secondary N) is 1. The van der Waals surface area contributed by atoms with E-state index < -0.39 is 0 Å². The standard InChI is InChI=1S/C16H21N3O/c1-2-20-15-9-5-8-14(12-15)19-11-10-17-16(19)18-13-6-3-4-7-13/h5,8-13H,2-4,6-7H2,1H3,(H,17,18). The summed E-state index contributed by atoms with van der Waals surface area (Å²) >= 11 is 0. The van der Waals surface area contributed by atoms with Crippen LogP contribution in [0.1, 0.15) is 32.6 Å². The second-order valence-corrected chi connectivity index (χ2v) is 5.18. The van der Waals surface area contributed by atoms with E-state index in [1.54, 1.807) is 0 Å². The quantitative estimate of drug-likeness (QED) is 0.902. The number of nitrogens with zero attached hydrogens (tertiary/aromatic N) is 2. The predicted octanol–water partition coefficient (Wildman–Crippen LogP) is 3.63. The summed E-state index contributed by atoms with van der Waals surface area (Å²) in [5.74, 6) is 1.82. The highest BCUT2D eigenvalue weighted by Gasteiger charge is 2.17. The van der Waals surface area contributed by atoms with E-state index in [9.17, 15) is 0 Å². The minimum atomic E-state index is 0.561. The van der Waals surface area contributed by atoms with Crippen molar-refractivity contribution in [2.45, 2.75) is 38.6 Å². The van der Waals surface area contributed by atoms with Crippen LogP contribution in [-0.2, 0) is 0 Å². The van der Waals surface area contributed by atoms with Crippen LogP contribution in [0.5, 0.6) is 5.75 Å². The maximum absolute atomic E-state index is 5.56. The summed E-state index contributed by atoms with van der Waals surface area (Å²) in [6.07, 6.45) is 8.95. The predicted molar refractivity (Wildman–Crippen MR) is 80.6 cm³/mol. The van der Waals surface area contributed by atoms with Gasteiger partial charge in [0, 0.05) is 24.5 Å². The molecule has 0 radical (unpaired) electrons. The molecule has 1 heterocycles. The summed E-state index contributed by atoms with van der Waals surface area (Å²) in [6, 6.07) is 8.68. The molecular weight excluding hydrogens is 250 g/mol. The second-order valence-electron chi connectivity index (χ2n) is 5.18. The molecule has 1 aromatic carbocycles. The van der Waals surface area contributed by atoms with Crippen LogP contribution in [0, 0.1) is 0 Å². The van der Waals surface area contributed by atoms with Crippen LogP contribution in [0.4, 0.5) is 5.95 Å². The number of imidazole rings is 1. The molecule has 1 aliphatic carbocycles. The van der Waals surface area contributed by atoms with Crippen LogP contribution < -0.4 is 10.1 Å². The Bertz CT molecular complexity index is 558. The van der Waals surface area contributed by atoms with Crippen molar-refractivity contribution in [3.63, 3.8) is 0 Å². The lowest BCUT2D eigenvalue weighted by atomic mass is 10.2. The Balaban J connectivity index is 1.82. The van der Waals surface area contributed by atoms with E-state index in [-0.39, 0.29) is 0 Å². The Morgan fingerprint density at radius 1 is 1.35 bits per heavy atom. The van der Waals surface area contributed by atoms with Gasteiger partial charge in [-0.3, -0.25) is 4.57 Å². The smallest absolute Gasteiger partial charge is 0.207 e. The van der Waals surface area contributed by atoms with E-state index in [2.05, 4.69) is 20.9 Å². The van der Waals surface area contributed by atoms with E-state index in [0.29, 0.717) is 12.6 Å². The molecule has 4 nitrogen and oxygen atoms in total. The Kier molecular flexibility index (Phi) is 3.90. The number of benzene rings is 1. The molecule has 1 aliphatic rings. The summed E-state index contributed by atoms with van der Waals surface area (Å²) in [6.45, 7) is 2.68. The average Bonchev–Trinajstić information content (AvgIpc) is 3.12. The fourth-order valence-corrected chi connectivity index (χ4v) is 2.76. The second kappa shape index (κ2) is 5.99. The third kappa shape index (κ3) is 2.79. The van der Waals surface area contributed by atoms with Crippen molar-refractivity contribution < 1.29 is 4.74 Å². The molecule has 0 saturated heterocycles. The summed E-state index contributed by atoms with van der Waals surface area (Å²) < 4.78 is 7.65. The zero-order valence-corrected chi connectivity index (χ0v) is 11.9. The molecule has 0 amide bonds. The first-order valence-corrected chi connectivity index (χ1v) is 7.40. The molecule has 3 rings (SSSR count). The van der Waals surface area contributed by atoms with Gasteiger partial charge in [-0.15, -0.1) is 0 Å². The highest BCUT2D eigenvalue weighted by atomic mass is 16.5. The van der Waals surface area contributed by atoms with Crippen LogP contribution in [0.15, 0.2) is 36.7 Å². The maximum Gasteiger partial charge on any atom is 0.207 e. The van der Waals surface area contributed by atoms with Crippen LogP contribution in [0.25, 0.3) is 5.69 Å². The number of ether oxygens (including phenoxy) is 1. The molecule has 20 heavy (non-hydrogen) atoms. The maximum atomic E-state index is 5.56. The number of hydrogen-bond donors (Lipinski definition) is 1. The monoisotopic (exact) mass is 271 g/mol. The molecule has 1 fully saturated rings. The fraction of sp³-hybridized carbons (Fsp3) is 0.438. The van der Waals surface area contributed by atoms with Crippen molar-refractivity contribution in [2.75, 3.05) is 11.9 Å². The molecule has 0 aliphatic heterocycles. The van der Waals surface area contributed by atoms with Gasteiger partial charge in [-0.2, -0.15) is 0 Å². The third-order valence-corrected chi connectivity index (χ3v) is 3.74. The molecule has 1 aromatic heterocycles. The van der Waals surface area contributed by atoms with Crippen LogP contribution in [0.2, 0.25) is 0 Å². The fourth-order valence-electron chi connectivity index (χ4n) is 2.76. The molecule has 106 valence electrons. The summed E-state index contributed by atoms with van der Waals surface area (Å²) in [7, 11) is 0. The Morgan fingerprint density at radius 2 is 2.20 bits per heavy atom. The third-order valence-electron chi connectivity index (χ3n) is 3.74. The molecule has 2 aromatic rings. The van der Waals surface area contributed by atoms with Gasteiger partial charge in [0.05, 0.1) is 12.3 Å². The van der Waals surface area contributed by atoms with Gasteiger partial charge in [-0.05, 0) is 31.9 Å². The van der Waals surface area contributed by atoms with Crippen LogP contribution >= 0.6 is 0 Å². The minimum Gasteiger partial charge on any atom is -0.494 e. The van der Waals surface area contributed by atoms with Crippen molar-refractivity contribution >= 4 is 5.95 Å². The minimum absolute atomic E-state index is 0.561. The Hall–Kier alpha value is -1.97. The number of aromatic nitrogens is 2. The van der Waals surface area contributed by atoms with Crippen molar-refractivity contribution in [3.8, 4) is 11.4 Å². The molecule has 0 spiro atoms. The average molecular weight is 271 g/mol. The topological polar surface area (TPSA) is 39.1 Å². The summed E-state index contributed by atoms with van der Waals surface area (Å²) in [5.41, 5.74) is 1.08. The first-order valence-electron chi connectivity index (χ1n) is 7.40. The number of hydrogen-bond acceptors (Lipinski definition) is 3. The van der Waals surface area contributed by atoms with Gasteiger partial charge in [-0.1, -0.05) is 18.9 Å². The van der Waals surface area contributed by atoms with E-state index >= 15 is 0 Å². The van der Waals surface area contributed by atoms with Crippen molar-refractivity contribution in [1.29, 1.82) is 0 Å². The normalized spacial score (nSPS) is 15.4. The van der Waals surface area contributed by atoms with Gasteiger partial charge in [0.15, 0.2) is 0 Å². The lowest BCUT2D eigenvalue weighted by Crippen LogP contribution is -2.17. The lowest BCUT2D eigenvalue weighted by molar-refractivity contribution is 0.340. The molecule has 1 saturated carbocycles. The van der Waals surface area contributed by atoms with Gasteiger partial charge in [0.1, 0.15) is 5.75 Å². The Labute approximate surface area is 119 Å². The van der Waals surface area contributed by atoms with Crippen molar-refractivity contribution in [1.82, 2.24) is 9.55 Å². The summed E-state index contributed by atoms with van der Waals surface area (Å²) in [4.78, 5) is 4.44. The zero-order chi connectivity index (χ0) is 13.8. The lowest BCUT2D eigenvalue weighted by Gasteiger charge is -2.15. The highest BCUT2D eigenvalue weighted by Crippen LogP contribution is 2.24. The largest absolute Gasteiger partial charge is 0.494 e.